The van der Waals surface area contributed by atoms with Crippen molar-refractivity contribution < 1.29 is 9.90 Å². The number of hydrogen-bond acceptors (Lipinski definition) is 3. The van der Waals surface area contributed by atoms with Crippen molar-refractivity contribution in [3.8, 4) is 0 Å². The lowest BCUT2D eigenvalue weighted by atomic mass is 10.2. The zero-order chi connectivity index (χ0) is 18.0. The molecule has 6 heteroatoms. The fourth-order valence-corrected chi connectivity index (χ4v) is 2.90. The molecule has 2 N–H and O–H groups in total. The first kappa shape index (κ1) is 17.0. The van der Waals surface area contributed by atoms with Crippen molar-refractivity contribution in [2.24, 2.45) is 5.10 Å². The highest BCUT2D eigenvalue weighted by atomic mass is 35.5. The van der Waals surface area contributed by atoms with Gasteiger partial charge in [-0.2, -0.15) is 5.10 Å². The van der Waals surface area contributed by atoms with Crippen LogP contribution in [0.25, 0.3) is 10.9 Å². The summed E-state index contributed by atoms with van der Waals surface area (Å²) >= 11 is 5.87. The lowest BCUT2D eigenvalue weighted by molar-refractivity contribution is 0.0697. The maximum atomic E-state index is 11.1. The number of benzene rings is 2. The summed E-state index contributed by atoms with van der Waals surface area (Å²) in [6.07, 6.45) is 3.79. The van der Waals surface area contributed by atoms with E-state index in [-0.39, 0.29) is 10.6 Å². The van der Waals surface area contributed by atoms with Crippen LogP contribution in [-0.2, 0) is 0 Å². The standard InChI is InChI=1S/C19H18ClN3O2/c1-12(2)23-11-13(15-5-3-4-6-18(15)23)10-21-22-14-7-8-17(20)16(9-14)19(24)25/h3-12,22H,1-2H3,(H,24,25)/b21-10-. The first-order valence-corrected chi connectivity index (χ1v) is 8.26. The van der Waals surface area contributed by atoms with Crippen molar-refractivity contribution in [1.29, 1.82) is 0 Å². The van der Waals surface area contributed by atoms with Gasteiger partial charge in [-0.05, 0) is 38.1 Å². The highest BCUT2D eigenvalue weighted by molar-refractivity contribution is 6.33. The summed E-state index contributed by atoms with van der Waals surface area (Å²) in [5.74, 6) is -1.07. The van der Waals surface area contributed by atoms with Crippen LogP contribution in [0.4, 0.5) is 5.69 Å². The van der Waals surface area contributed by atoms with E-state index < -0.39 is 5.97 Å². The minimum Gasteiger partial charge on any atom is -0.478 e. The molecule has 2 aromatic carbocycles. The molecule has 1 heterocycles. The van der Waals surface area contributed by atoms with Gasteiger partial charge in [0.15, 0.2) is 0 Å². The summed E-state index contributed by atoms with van der Waals surface area (Å²) in [5, 5.41) is 14.7. The number of hydrazone groups is 1. The number of rotatable bonds is 5. The summed E-state index contributed by atoms with van der Waals surface area (Å²) in [6, 6.07) is 13.2. The van der Waals surface area contributed by atoms with Crippen LogP contribution in [0.1, 0.15) is 35.8 Å². The number of carboxylic acids is 1. The van der Waals surface area contributed by atoms with Gasteiger partial charge in [-0.1, -0.05) is 29.8 Å². The summed E-state index contributed by atoms with van der Waals surface area (Å²) in [6.45, 7) is 4.26. The van der Waals surface area contributed by atoms with E-state index in [1.807, 2.05) is 12.1 Å². The molecular weight excluding hydrogens is 338 g/mol. The topological polar surface area (TPSA) is 66.6 Å². The fourth-order valence-electron chi connectivity index (χ4n) is 2.70. The van der Waals surface area contributed by atoms with Gasteiger partial charge in [-0.3, -0.25) is 5.43 Å². The van der Waals surface area contributed by atoms with Gasteiger partial charge in [0.05, 0.1) is 22.5 Å². The van der Waals surface area contributed by atoms with E-state index in [0.29, 0.717) is 11.7 Å². The summed E-state index contributed by atoms with van der Waals surface area (Å²) in [4.78, 5) is 11.1. The van der Waals surface area contributed by atoms with E-state index in [2.05, 4.69) is 47.3 Å². The predicted octanol–water partition coefficient (Wildman–Crippen LogP) is 5.02. The molecule has 0 unspecified atom stereocenters. The average Bonchev–Trinajstić information content (AvgIpc) is 2.95. The molecule has 0 saturated heterocycles. The second-order valence-electron chi connectivity index (χ2n) is 5.97. The second-order valence-corrected chi connectivity index (χ2v) is 6.38. The van der Waals surface area contributed by atoms with Crippen LogP contribution >= 0.6 is 11.6 Å². The Kier molecular flexibility index (Phi) is 4.76. The van der Waals surface area contributed by atoms with E-state index in [0.717, 1.165) is 16.5 Å². The maximum Gasteiger partial charge on any atom is 0.337 e. The monoisotopic (exact) mass is 355 g/mol. The minimum absolute atomic E-state index is 0.0401. The molecular formula is C19H18ClN3O2. The number of fused-ring (bicyclic) bond motifs is 1. The third-order valence-corrected chi connectivity index (χ3v) is 4.25. The van der Waals surface area contributed by atoms with E-state index in [1.54, 1.807) is 12.3 Å². The Labute approximate surface area is 150 Å². The van der Waals surface area contributed by atoms with E-state index >= 15 is 0 Å². The first-order valence-electron chi connectivity index (χ1n) is 7.89. The number of carbonyl (C=O) groups is 1. The van der Waals surface area contributed by atoms with Gasteiger partial charge < -0.3 is 9.67 Å². The maximum absolute atomic E-state index is 11.1. The molecule has 0 fully saturated rings. The molecule has 5 nitrogen and oxygen atoms in total. The lowest BCUT2D eigenvalue weighted by Crippen LogP contribution is -1.99. The number of nitrogens with one attached hydrogen (secondary N) is 1. The molecule has 0 aliphatic heterocycles. The Bertz CT molecular complexity index is 960. The van der Waals surface area contributed by atoms with Crippen molar-refractivity contribution in [2.75, 3.05) is 5.43 Å². The Hall–Kier alpha value is -2.79. The molecule has 3 rings (SSSR count). The Balaban J connectivity index is 1.87. The second kappa shape index (κ2) is 6.99. The van der Waals surface area contributed by atoms with Crippen molar-refractivity contribution in [2.45, 2.75) is 19.9 Å². The average molecular weight is 356 g/mol. The van der Waals surface area contributed by atoms with Gasteiger partial charge >= 0.3 is 5.97 Å². The van der Waals surface area contributed by atoms with Gasteiger partial charge in [-0.25, -0.2) is 4.79 Å². The van der Waals surface area contributed by atoms with Gasteiger partial charge in [0.2, 0.25) is 0 Å². The number of carboxylic acid groups (broad SMARTS) is 1. The van der Waals surface area contributed by atoms with Crippen LogP contribution in [0.2, 0.25) is 5.02 Å². The van der Waals surface area contributed by atoms with Crippen molar-refractivity contribution in [3.05, 3.63) is 64.8 Å². The number of halogens is 1. The number of para-hydroxylation sites is 1. The number of hydrogen-bond donors (Lipinski definition) is 2. The quantitative estimate of drug-likeness (QED) is 0.499. The lowest BCUT2D eigenvalue weighted by Gasteiger charge is -2.08. The molecule has 0 atom stereocenters. The predicted molar refractivity (Wildman–Crippen MR) is 102 cm³/mol. The molecule has 3 aromatic rings. The smallest absolute Gasteiger partial charge is 0.337 e. The van der Waals surface area contributed by atoms with Crippen molar-refractivity contribution >= 4 is 40.4 Å². The molecule has 0 spiro atoms. The van der Waals surface area contributed by atoms with E-state index in [1.165, 1.54) is 12.1 Å². The molecule has 128 valence electrons. The zero-order valence-electron chi connectivity index (χ0n) is 13.9. The van der Waals surface area contributed by atoms with Crippen LogP contribution in [0.3, 0.4) is 0 Å². The first-order chi connectivity index (χ1) is 12.0. The van der Waals surface area contributed by atoms with Crippen LogP contribution in [0.15, 0.2) is 53.8 Å². The SMILES string of the molecule is CC(C)n1cc(/C=N\Nc2ccc(Cl)c(C(=O)O)c2)c2ccccc21. The molecule has 0 aliphatic rings. The molecule has 0 bridgehead atoms. The number of nitrogens with zero attached hydrogens (tertiary/aromatic N) is 2. The molecule has 1 aromatic heterocycles. The molecule has 0 radical (unpaired) electrons. The van der Waals surface area contributed by atoms with Crippen LogP contribution in [0.5, 0.6) is 0 Å². The molecule has 0 aliphatic carbocycles. The highest BCUT2D eigenvalue weighted by Gasteiger charge is 2.10. The van der Waals surface area contributed by atoms with Gasteiger partial charge in [0.1, 0.15) is 0 Å². The summed E-state index contributed by atoms with van der Waals surface area (Å²) < 4.78 is 2.20. The van der Waals surface area contributed by atoms with E-state index in [4.69, 9.17) is 16.7 Å². The van der Waals surface area contributed by atoms with Crippen LogP contribution in [0, 0.1) is 0 Å². The fraction of sp³-hybridized carbons (Fsp3) is 0.158. The molecule has 0 amide bonds. The molecule has 0 saturated carbocycles. The largest absolute Gasteiger partial charge is 0.478 e. The Morgan fingerprint density at radius 3 is 2.76 bits per heavy atom. The van der Waals surface area contributed by atoms with Gasteiger partial charge in [-0.15, -0.1) is 0 Å². The Morgan fingerprint density at radius 2 is 2.04 bits per heavy atom. The normalized spacial score (nSPS) is 11.5. The van der Waals surface area contributed by atoms with Crippen LogP contribution in [-0.4, -0.2) is 21.9 Å². The van der Waals surface area contributed by atoms with Crippen LogP contribution < -0.4 is 5.43 Å². The Morgan fingerprint density at radius 1 is 1.28 bits per heavy atom. The minimum atomic E-state index is -1.07. The third kappa shape index (κ3) is 3.51. The number of aromatic carboxylic acids is 1. The third-order valence-electron chi connectivity index (χ3n) is 3.92. The summed E-state index contributed by atoms with van der Waals surface area (Å²) in [7, 11) is 0. The number of anilines is 1. The zero-order valence-corrected chi connectivity index (χ0v) is 14.7. The van der Waals surface area contributed by atoms with Gasteiger partial charge in [0.25, 0.3) is 0 Å². The van der Waals surface area contributed by atoms with Gasteiger partial charge in [0, 0.05) is 28.7 Å². The molecule has 25 heavy (non-hydrogen) atoms. The highest BCUT2D eigenvalue weighted by Crippen LogP contribution is 2.24. The van der Waals surface area contributed by atoms with E-state index in [9.17, 15) is 4.79 Å². The van der Waals surface area contributed by atoms with Crippen molar-refractivity contribution in [1.82, 2.24) is 4.57 Å². The summed E-state index contributed by atoms with van der Waals surface area (Å²) in [5.41, 5.74) is 5.60. The number of aromatic nitrogens is 1. The van der Waals surface area contributed by atoms with Crippen molar-refractivity contribution in [3.63, 3.8) is 0 Å².